The zero-order valence-corrected chi connectivity index (χ0v) is 28.0. The molecular formula is C35H30BrN3O7S. The number of hydrogen-bond acceptors (Lipinski definition) is 8. The zero-order chi connectivity index (χ0) is 33.5. The fourth-order valence-corrected chi connectivity index (χ4v) is 6.28. The lowest BCUT2D eigenvalue weighted by Gasteiger charge is -2.16. The number of carbonyl (C=O) groups excluding carboxylic acids is 4. The summed E-state index contributed by atoms with van der Waals surface area (Å²) in [5.74, 6) is -0.642. The van der Waals surface area contributed by atoms with Gasteiger partial charge < -0.3 is 24.8 Å². The summed E-state index contributed by atoms with van der Waals surface area (Å²) in [5, 5.41) is 4.92. The topological polar surface area (TPSA) is 123 Å². The Kier molecular flexibility index (Phi) is 10.6. The highest BCUT2D eigenvalue weighted by atomic mass is 79.9. The molecule has 47 heavy (non-hydrogen) atoms. The van der Waals surface area contributed by atoms with Crippen LogP contribution in [0.2, 0.25) is 0 Å². The molecule has 2 N–H and O–H groups in total. The molecule has 1 saturated heterocycles. The standard InChI is InChI=1S/C35H30BrN3O7S/c1-44-28-17-12-22(31(45-2)32(28)46-3)18-27(38-33(41)21-8-5-4-6-9-21)34(42)37-24-10-7-11-26(19-24)47-29-20-30(40)39(35(29)43)25-15-13-23(36)14-16-25/h4-19,29H,20H2,1-3H3,(H,37,42)(H,38,41)/b27-18+/t29-/m1/s1. The molecule has 1 fully saturated rings. The van der Waals surface area contributed by atoms with E-state index >= 15 is 0 Å². The summed E-state index contributed by atoms with van der Waals surface area (Å²) in [6, 6.07) is 25.7. The fraction of sp³-hybridized carbons (Fsp3) is 0.143. The maximum Gasteiger partial charge on any atom is 0.272 e. The Bertz CT molecular complexity index is 1850. The number of hydrogen-bond donors (Lipinski definition) is 2. The molecule has 4 aromatic carbocycles. The molecule has 0 radical (unpaired) electrons. The summed E-state index contributed by atoms with van der Waals surface area (Å²) in [5.41, 5.74) is 1.67. The molecule has 5 rings (SSSR count). The van der Waals surface area contributed by atoms with Crippen molar-refractivity contribution in [3.8, 4) is 17.2 Å². The molecule has 1 heterocycles. The predicted octanol–water partition coefficient (Wildman–Crippen LogP) is 6.31. The number of carbonyl (C=O) groups is 4. The lowest BCUT2D eigenvalue weighted by atomic mass is 10.1. The monoisotopic (exact) mass is 715 g/mol. The van der Waals surface area contributed by atoms with Gasteiger partial charge in [0.1, 0.15) is 5.70 Å². The third kappa shape index (κ3) is 7.67. The van der Waals surface area contributed by atoms with Gasteiger partial charge in [0.25, 0.3) is 11.8 Å². The van der Waals surface area contributed by atoms with Crippen LogP contribution < -0.4 is 29.7 Å². The Balaban J connectivity index is 1.39. The Morgan fingerprint density at radius 3 is 2.28 bits per heavy atom. The number of ether oxygens (including phenoxy) is 3. The molecule has 240 valence electrons. The van der Waals surface area contributed by atoms with Crippen molar-refractivity contribution >= 4 is 68.8 Å². The first-order valence-corrected chi connectivity index (χ1v) is 16.0. The van der Waals surface area contributed by atoms with Crippen LogP contribution in [0.1, 0.15) is 22.3 Å². The van der Waals surface area contributed by atoms with Gasteiger partial charge in [-0.2, -0.15) is 0 Å². The molecule has 0 saturated carbocycles. The lowest BCUT2D eigenvalue weighted by molar-refractivity contribution is -0.121. The smallest absolute Gasteiger partial charge is 0.272 e. The van der Waals surface area contributed by atoms with Crippen LogP contribution in [0.4, 0.5) is 11.4 Å². The van der Waals surface area contributed by atoms with Crippen LogP contribution in [0.15, 0.2) is 106 Å². The van der Waals surface area contributed by atoms with E-state index in [1.54, 1.807) is 91.0 Å². The van der Waals surface area contributed by atoms with E-state index in [0.29, 0.717) is 44.6 Å². The summed E-state index contributed by atoms with van der Waals surface area (Å²) in [7, 11) is 4.43. The Hall–Kier alpha value is -5.07. The molecular weight excluding hydrogens is 686 g/mol. The van der Waals surface area contributed by atoms with Gasteiger partial charge in [-0.05, 0) is 72.8 Å². The van der Waals surface area contributed by atoms with Crippen molar-refractivity contribution in [3.63, 3.8) is 0 Å². The van der Waals surface area contributed by atoms with Crippen molar-refractivity contribution < 1.29 is 33.4 Å². The quantitative estimate of drug-likeness (QED) is 0.137. The number of anilines is 2. The summed E-state index contributed by atoms with van der Waals surface area (Å²) >= 11 is 4.61. The normalized spacial score (nSPS) is 14.5. The second-order valence-corrected chi connectivity index (χ2v) is 12.3. The van der Waals surface area contributed by atoms with Gasteiger partial charge in [0.2, 0.25) is 17.6 Å². The van der Waals surface area contributed by atoms with Crippen LogP contribution >= 0.6 is 27.7 Å². The highest BCUT2D eigenvalue weighted by molar-refractivity contribution is 9.10. The van der Waals surface area contributed by atoms with Crippen LogP contribution in [0.25, 0.3) is 6.08 Å². The Labute approximate surface area is 284 Å². The van der Waals surface area contributed by atoms with Crippen molar-refractivity contribution in [3.05, 3.63) is 112 Å². The minimum Gasteiger partial charge on any atom is -0.493 e. The highest BCUT2D eigenvalue weighted by Crippen LogP contribution is 2.41. The summed E-state index contributed by atoms with van der Waals surface area (Å²) in [6.45, 7) is 0. The number of halogens is 1. The molecule has 0 spiro atoms. The lowest BCUT2D eigenvalue weighted by Crippen LogP contribution is -2.31. The molecule has 4 amide bonds. The van der Waals surface area contributed by atoms with E-state index < -0.39 is 17.1 Å². The van der Waals surface area contributed by atoms with Crippen molar-refractivity contribution in [1.82, 2.24) is 5.32 Å². The molecule has 0 unspecified atom stereocenters. The van der Waals surface area contributed by atoms with Crippen molar-refractivity contribution in [2.45, 2.75) is 16.6 Å². The van der Waals surface area contributed by atoms with Crippen molar-refractivity contribution in [2.24, 2.45) is 0 Å². The van der Waals surface area contributed by atoms with Gasteiger partial charge in [0.05, 0.1) is 32.3 Å². The molecule has 10 nitrogen and oxygen atoms in total. The van der Waals surface area contributed by atoms with E-state index in [2.05, 4.69) is 26.6 Å². The molecule has 0 bridgehead atoms. The minimum absolute atomic E-state index is 0.0434. The summed E-state index contributed by atoms with van der Waals surface area (Å²) < 4.78 is 17.3. The van der Waals surface area contributed by atoms with E-state index in [0.717, 1.165) is 4.47 Å². The van der Waals surface area contributed by atoms with E-state index in [-0.39, 0.29) is 23.9 Å². The zero-order valence-electron chi connectivity index (χ0n) is 25.6. The molecule has 12 heteroatoms. The molecule has 4 aromatic rings. The molecule has 1 atom stereocenters. The molecule has 1 aliphatic heterocycles. The van der Waals surface area contributed by atoms with Gasteiger partial charge in [0.15, 0.2) is 11.5 Å². The predicted molar refractivity (Wildman–Crippen MR) is 184 cm³/mol. The Morgan fingerprint density at radius 1 is 0.872 bits per heavy atom. The third-order valence-corrected chi connectivity index (χ3v) is 8.83. The first-order valence-electron chi connectivity index (χ1n) is 14.3. The number of thioether (sulfide) groups is 1. The number of imide groups is 1. The summed E-state index contributed by atoms with van der Waals surface area (Å²) in [6.07, 6.45) is 1.52. The number of methoxy groups -OCH3 is 3. The average molecular weight is 717 g/mol. The number of nitrogens with zero attached hydrogens (tertiary/aromatic N) is 1. The number of benzene rings is 4. The number of rotatable bonds is 11. The highest BCUT2D eigenvalue weighted by Gasteiger charge is 2.40. The van der Waals surface area contributed by atoms with Crippen molar-refractivity contribution in [2.75, 3.05) is 31.5 Å². The SMILES string of the molecule is COc1ccc(/C=C(/NC(=O)c2ccccc2)C(=O)Nc2cccc(S[C@@H]3CC(=O)N(c4ccc(Br)cc4)C3=O)c2)c(OC)c1OC. The second kappa shape index (κ2) is 15.0. The third-order valence-electron chi connectivity index (χ3n) is 7.12. The van der Waals surface area contributed by atoms with Gasteiger partial charge >= 0.3 is 0 Å². The van der Waals surface area contributed by atoms with Crippen LogP contribution in [-0.2, 0) is 14.4 Å². The second-order valence-electron chi connectivity index (χ2n) is 10.1. The van der Waals surface area contributed by atoms with Gasteiger partial charge in [0, 0.05) is 32.6 Å². The van der Waals surface area contributed by atoms with Gasteiger partial charge in [-0.25, -0.2) is 4.90 Å². The van der Waals surface area contributed by atoms with E-state index in [9.17, 15) is 19.2 Å². The first-order chi connectivity index (χ1) is 22.7. The summed E-state index contributed by atoms with van der Waals surface area (Å²) in [4.78, 5) is 54.8. The fourth-order valence-electron chi connectivity index (χ4n) is 4.90. The van der Waals surface area contributed by atoms with Crippen LogP contribution in [0, 0.1) is 0 Å². The first kappa shape index (κ1) is 33.3. The van der Waals surface area contributed by atoms with E-state index in [1.165, 1.54) is 44.1 Å². The molecule has 0 aliphatic carbocycles. The maximum absolute atomic E-state index is 13.7. The van der Waals surface area contributed by atoms with Gasteiger partial charge in [-0.1, -0.05) is 40.2 Å². The number of amides is 4. The molecule has 1 aliphatic rings. The van der Waals surface area contributed by atoms with Crippen LogP contribution in [-0.4, -0.2) is 50.2 Å². The van der Waals surface area contributed by atoms with Gasteiger partial charge in [-0.3, -0.25) is 19.2 Å². The minimum atomic E-state index is -0.629. The van der Waals surface area contributed by atoms with E-state index in [1.807, 2.05) is 0 Å². The van der Waals surface area contributed by atoms with Crippen LogP contribution in [0.5, 0.6) is 17.2 Å². The average Bonchev–Trinajstić information content (AvgIpc) is 3.36. The van der Waals surface area contributed by atoms with Crippen LogP contribution in [0.3, 0.4) is 0 Å². The maximum atomic E-state index is 13.7. The number of nitrogens with one attached hydrogen (secondary N) is 2. The van der Waals surface area contributed by atoms with Gasteiger partial charge in [-0.15, -0.1) is 11.8 Å². The van der Waals surface area contributed by atoms with Crippen molar-refractivity contribution in [1.29, 1.82) is 0 Å². The van der Waals surface area contributed by atoms with E-state index in [4.69, 9.17) is 14.2 Å². The molecule has 0 aromatic heterocycles. The Morgan fingerprint density at radius 2 is 1.60 bits per heavy atom. The largest absolute Gasteiger partial charge is 0.493 e.